The predicted octanol–water partition coefficient (Wildman–Crippen LogP) is 1.56. The molecule has 2 saturated carbocycles. The van der Waals surface area contributed by atoms with Crippen LogP contribution in [0, 0.1) is 17.8 Å². The van der Waals surface area contributed by atoms with E-state index in [0.717, 1.165) is 38.8 Å². The summed E-state index contributed by atoms with van der Waals surface area (Å²) in [4.78, 5) is 34.9. The Balaban J connectivity index is 1.23. The first-order valence-corrected chi connectivity index (χ1v) is 11.0. The second kappa shape index (κ2) is 7.55. The van der Waals surface area contributed by atoms with Crippen LogP contribution in [0.4, 0.5) is 0 Å². The fourth-order valence-electron chi connectivity index (χ4n) is 5.52. The fraction of sp³-hybridized carbons (Fsp3) is 0.714. The van der Waals surface area contributed by atoms with Crippen LogP contribution < -0.4 is 10.9 Å². The molecule has 1 amide bonds. The fourth-order valence-corrected chi connectivity index (χ4v) is 5.52. The van der Waals surface area contributed by atoms with Crippen LogP contribution in [0.3, 0.4) is 0 Å². The first kappa shape index (κ1) is 18.8. The average Bonchev–Trinajstić information content (AvgIpc) is 3.06. The lowest BCUT2D eigenvalue weighted by molar-refractivity contribution is -0.138. The number of fused-ring (bicyclic) bond motifs is 2. The van der Waals surface area contributed by atoms with Crippen molar-refractivity contribution >= 4 is 16.9 Å². The molecule has 2 aromatic heterocycles. The summed E-state index contributed by atoms with van der Waals surface area (Å²) >= 11 is 0. The van der Waals surface area contributed by atoms with Crippen molar-refractivity contribution in [1.29, 1.82) is 0 Å². The molecule has 1 aliphatic heterocycles. The first-order valence-electron chi connectivity index (χ1n) is 11.0. The number of carbonyl (C=O) groups excluding carboxylic acids is 1. The van der Waals surface area contributed by atoms with Gasteiger partial charge >= 0.3 is 0 Å². The van der Waals surface area contributed by atoms with E-state index in [1.807, 2.05) is 0 Å². The van der Waals surface area contributed by atoms with Crippen molar-refractivity contribution in [3.8, 4) is 0 Å². The van der Waals surface area contributed by atoms with Gasteiger partial charge in [-0.2, -0.15) is 5.10 Å². The summed E-state index contributed by atoms with van der Waals surface area (Å²) in [5.74, 6) is 2.19. The minimum Gasteiger partial charge on any atom is -0.353 e. The SMILES string of the molecule is Cn1ncc2c(=O)[nH]c(CN3CC[C@@H]4C[C@@H](C(=O)NC5CCCCC5)[C@@H]4C3)nc21. The summed E-state index contributed by atoms with van der Waals surface area (Å²) < 4.78 is 1.64. The van der Waals surface area contributed by atoms with Gasteiger partial charge in [-0.3, -0.25) is 19.2 Å². The molecule has 0 unspecified atom stereocenters. The number of nitrogens with one attached hydrogen (secondary N) is 2. The topological polar surface area (TPSA) is 95.9 Å². The van der Waals surface area contributed by atoms with Crippen LogP contribution in [0.5, 0.6) is 0 Å². The van der Waals surface area contributed by atoms with Crippen LogP contribution in [-0.2, 0) is 18.4 Å². The normalized spacial score (nSPS) is 28.1. The van der Waals surface area contributed by atoms with Crippen LogP contribution in [-0.4, -0.2) is 49.7 Å². The zero-order valence-corrected chi connectivity index (χ0v) is 17.1. The molecule has 0 bridgehead atoms. The highest BCUT2D eigenvalue weighted by Crippen LogP contribution is 2.46. The van der Waals surface area contributed by atoms with Gasteiger partial charge in [0.05, 0.1) is 12.7 Å². The summed E-state index contributed by atoms with van der Waals surface area (Å²) in [6, 6.07) is 0.384. The van der Waals surface area contributed by atoms with E-state index in [4.69, 9.17) is 0 Å². The second-order valence-electron chi connectivity index (χ2n) is 9.15. The lowest BCUT2D eigenvalue weighted by Gasteiger charge is -2.50. The Labute approximate surface area is 170 Å². The summed E-state index contributed by atoms with van der Waals surface area (Å²) in [6.45, 7) is 2.50. The van der Waals surface area contributed by atoms with Crippen molar-refractivity contribution in [2.75, 3.05) is 13.1 Å². The Bertz CT molecular complexity index is 960. The second-order valence-corrected chi connectivity index (χ2v) is 9.15. The number of likely N-dealkylation sites (tertiary alicyclic amines) is 1. The molecule has 2 aromatic rings. The average molecular weight is 399 g/mol. The molecule has 3 fully saturated rings. The number of carbonyl (C=O) groups is 1. The van der Waals surface area contributed by atoms with Crippen LogP contribution in [0.2, 0.25) is 0 Å². The highest BCUT2D eigenvalue weighted by Gasteiger charge is 2.47. The minimum atomic E-state index is -0.138. The number of rotatable bonds is 4. The highest BCUT2D eigenvalue weighted by molar-refractivity contribution is 5.80. The Kier molecular flexibility index (Phi) is 4.89. The Morgan fingerprint density at radius 1 is 1.28 bits per heavy atom. The lowest BCUT2D eigenvalue weighted by Crippen LogP contribution is -2.56. The number of aryl methyl sites for hydroxylation is 1. The number of hydrogen-bond acceptors (Lipinski definition) is 5. The van der Waals surface area contributed by atoms with Crippen LogP contribution in [0.25, 0.3) is 11.0 Å². The van der Waals surface area contributed by atoms with E-state index in [0.29, 0.717) is 41.3 Å². The van der Waals surface area contributed by atoms with E-state index in [2.05, 4.69) is 25.3 Å². The number of aromatic amines is 1. The third-order valence-electron chi connectivity index (χ3n) is 7.28. The number of nitrogens with zero attached hydrogens (tertiary/aromatic N) is 4. The maximum absolute atomic E-state index is 12.8. The summed E-state index contributed by atoms with van der Waals surface area (Å²) in [5, 5.41) is 7.97. The van der Waals surface area contributed by atoms with E-state index in [1.54, 1.807) is 17.9 Å². The van der Waals surface area contributed by atoms with Gasteiger partial charge in [-0.05, 0) is 44.1 Å². The number of hydrogen-bond donors (Lipinski definition) is 2. The van der Waals surface area contributed by atoms with Crippen molar-refractivity contribution in [3.05, 3.63) is 22.4 Å². The standard InChI is InChI=1S/C21H30N6O2/c1-26-19-16(10-22-26)21(29)25-18(24-19)12-27-8-7-13-9-15(17(13)11-27)20(28)23-14-5-3-2-4-6-14/h10,13-15,17H,2-9,11-12H2,1H3,(H,23,28)(H,24,25,29)/t13-,15-,17-/m1/s1. The summed E-state index contributed by atoms with van der Waals surface area (Å²) in [6.07, 6.45) is 9.76. The monoisotopic (exact) mass is 398 g/mol. The van der Waals surface area contributed by atoms with Gasteiger partial charge in [0, 0.05) is 25.6 Å². The number of H-pyrrole nitrogens is 1. The summed E-state index contributed by atoms with van der Waals surface area (Å²) in [5.41, 5.74) is 0.480. The van der Waals surface area contributed by atoms with E-state index >= 15 is 0 Å². The number of aromatic nitrogens is 4. The zero-order chi connectivity index (χ0) is 20.0. The molecule has 3 atom stereocenters. The largest absolute Gasteiger partial charge is 0.353 e. The number of amides is 1. The quantitative estimate of drug-likeness (QED) is 0.815. The molecule has 0 spiro atoms. The molecule has 8 heteroatoms. The molecule has 0 radical (unpaired) electrons. The van der Waals surface area contributed by atoms with E-state index in [-0.39, 0.29) is 17.4 Å². The van der Waals surface area contributed by atoms with Gasteiger partial charge in [0.25, 0.3) is 5.56 Å². The Hall–Kier alpha value is -2.22. The van der Waals surface area contributed by atoms with Crippen molar-refractivity contribution in [2.45, 2.75) is 57.5 Å². The first-order chi connectivity index (χ1) is 14.1. The molecule has 3 heterocycles. The molecule has 5 rings (SSSR count). The Morgan fingerprint density at radius 2 is 2.10 bits per heavy atom. The molecule has 1 saturated heterocycles. The molecule has 2 N–H and O–H groups in total. The molecular formula is C21H30N6O2. The lowest BCUT2D eigenvalue weighted by atomic mass is 9.61. The van der Waals surface area contributed by atoms with E-state index in [9.17, 15) is 9.59 Å². The molecular weight excluding hydrogens is 368 g/mol. The third-order valence-corrected chi connectivity index (χ3v) is 7.28. The van der Waals surface area contributed by atoms with E-state index < -0.39 is 0 Å². The highest BCUT2D eigenvalue weighted by atomic mass is 16.2. The summed E-state index contributed by atoms with van der Waals surface area (Å²) in [7, 11) is 1.80. The van der Waals surface area contributed by atoms with Crippen LogP contribution >= 0.6 is 0 Å². The van der Waals surface area contributed by atoms with Gasteiger partial charge in [0.15, 0.2) is 5.65 Å². The minimum absolute atomic E-state index is 0.138. The van der Waals surface area contributed by atoms with Crippen molar-refractivity contribution in [3.63, 3.8) is 0 Å². The van der Waals surface area contributed by atoms with Crippen molar-refractivity contribution in [2.24, 2.45) is 24.8 Å². The van der Waals surface area contributed by atoms with Crippen LogP contribution in [0.15, 0.2) is 11.0 Å². The third kappa shape index (κ3) is 3.58. The zero-order valence-electron chi connectivity index (χ0n) is 17.1. The van der Waals surface area contributed by atoms with Gasteiger partial charge in [-0.25, -0.2) is 4.98 Å². The van der Waals surface area contributed by atoms with Crippen LogP contribution in [0.1, 0.15) is 50.8 Å². The van der Waals surface area contributed by atoms with Gasteiger partial charge in [0.2, 0.25) is 5.91 Å². The maximum atomic E-state index is 12.8. The molecule has 29 heavy (non-hydrogen) atoms. The van der Waals surface area contributed by atoms with E-state index in [1.165, 1.54) is 19.3 Å². The molecule has 0 aromatic carbocycles. The maximum Gasteiger partial charge on any atom is 0.262 e. The predicted molar refractivity (Wildman–Crippen MR) is 109 cm³/mol. The number of piperidine rings is 1. The molecule has 156 valence electrons. The van der Waals surface area contributed by atoms with Gasteiger partial charge < -0.3 is 10.3 Å². The molecule has 3 aliphatic rings. The van der Waals surface area contributed by atoms with Gasteiger partial charge in [-0.15, -0.1) is 0 Å². The van der Waals surface area contributed by atoms with Gasteiger partial charge in [0.1, 0.15) is 11.2 Å². The smallest absolute Gasteiger partial charge is 0.262 e. The van der Waals surface area contributed by atoms with Crippen molar-refractivity contribution in [1.82, 2.24) is 30.0 Å². The molecule has 8 nitrogen and oxygen atoms in total. The van der Waals surface area contributed by atoms with Gasteiger partial charge in [-0.1, -0.05) is 19.3 Å². The molecule has 2 aliphatic carbocycles. The van der Waals surface area contributed by atoms with Crippen molar-refractivity contribution < 1.29 is 4.79 Å². The Morgan fingerprint density at radius 3 is 2.93 bits per heavy atom.